The second-order valence-electron chi connectivity index (χ2n) is 5.92. The smallest absolute Gasteiger partial charge is 0.0246 e. The van der Waals surface area contributed by atoms with E-state index in [1.54, 1.807) is 0 Å². The zero-order valence-corrected chi connectivity index (χ0v) is 10.8. The lowest BCUT2D eigenvalue weighted by Gasteiger charge is -2.41. The Hall–Kier alpha value is -0.0800. The van der Waals surface area contributed by atoms with E-state index < -0.39 is 0 Å². The molecule has 1 aliphatic heterocycles. The first-order valence-electron chi connectivity index (χ1n) is 7.25. The number of hydrogen-bond donors (Lipinski definition) is 1. The van der Waals surface area contributed by atoms with Crippen LogP contribution in [0, 0.1) is 11.8 Å². The summed E-state index contributed by atoms with van der Waals surface area (Å²) >= 11 is 0. The van der Waals surface area contributed by atoms with Crippen LogP contribution in [0.15, 0.2) is 0 Å². The molecule has 0 amide bonds. The van der Waals surface area contributed by atoms with Gasteiger partial charge in [0.25, 0.3) is 0 Å². The van der Waals surface area contributed by atoms with Crippen molar-refractivity contribution in [2.24, 2.45) is 17.6 Å². The molecule has 0 unspecified atom stereocenters. The minimum Gasteiger partial charge on any atom is -0.329 e. The van der Waals surface area contributed by atoms with Gasteiger partial charge in [-0.25, -0.2) is 0 Å². The summed E-state index contributed by atoms with van der Waals surface area (Å²) in [5.41, 5.74) is 6.03. The molecule has 1 atom stereocenters. The Kier molecular flexibility index (Phi) is 4.66. The van der Waals surface area contributed by atoms with Gasteiger partial charge in [0.05, 0.1) is 0 Å². The summed E-state index contributed by atoms with van der Waals surface area (Å²) in [6.07, 6.45) is 9.89. The molecule has 1 aliphatic carbocycles. The molecular formula is C14H28N2. The van der Waals surface area contributed by atoms with Crippen LogP contribution >= 0.6 is 0 Å². The SMILES string of the molecule is CC1CCC([C@@H](CN)N2CCCCC2)CC1. The van der Waals surface area contributed by atoms with Crippen LogP contribution in [0.3, 0.4) is 0 Å². The average Bonchev–Trinajstić information content (AvgIpc) is 2.34. The van der Waals surface area contributed by atoms with Gasteiger partial charge < -0.3 is 5.73 Å². The summed E-state index contributed by atoms with van der Waals surface area (Å²) in [6.45, 7) is 5.87. The van der Waals surface area contributed by atoms with Crippen molar-refractivity contribution in [1.82, 2.24) is 4.90 Å². The lowest BCUT2D eigenvalue weighted by atomic mass is 9.78. The molecule has 16 heavy (non-hydrogen) atoms. The molecule has 2 N–H and O–H groups in total. The van der Waals surface area contributed by atoms with Gasteiger partial charge in [-0.1, -0.05) is 26.2 Å². The van der Waals surface area contributed by atoms with E-state index >= 15 is 0 Å². The molecule has 2 fully saturated rings. The molecule has 2 heteroatoms. The molecule has 0 spiro atoms. The number of piperidine rings is 1. The molecule has 2 rings (SSSR count). The second kappa shape index (κ2) is 6.02. The van der Waals surface area contributed by atoms with Gasteiger partial charge in [-0.05, 0) is 50.6 Å². The Balaban J connectivity index is 1.88. The van der Waals surface area contributed by atoms with Crippen molar-refractivity contribution in [3.63, 3.8) is 0 Å². The van der Waals surface area contributed by atoms with E-state index in [1.807, 2.05) is 0 Å². The highest BCUT2D eigenvalue weighted by molar-refractivity contribution is 4.85. The van der Waals surface area contributed by atoms with Crippen molar-refractivity contribution < 1.29 is 0 Å². The molecular weight excluding hydrogens is 196 g/mol. The fraction of sp³-hybridized carbons (Fsp3) is 1.00. The van der Waals surface area contributed by atoms with Crippen LogP contribution < -0.4 is 5.73 Å². The first-order chi connectivity index (χ1) is 7.81. The number of nitrogens with zero attached hydrogens (tertiary/aromatic N) is 1. The molecule has 1 heterocycles. The van der Waals surface area contributed by atoms with Gasteiger partial charge in [-0.2, -0.15) is 0 Å². The summed E-state index contributed by atoms with van der Waals surface area (Å²) in [5, 5.41) is 0. The van der Waals surface area contributed by atoms with Crippen molar-refractivity contribution >= 4 is 0 Å². The van der Waals surface area contributed by atoms with Crippen molar-refractivity contribution in [1.29, 1.82) is 0 Å². The minimum absolute atomic E-state index is 0.688. The highest BCUT2D eigenvalue weighted by Gasteiger charge is 2.29. The fourth-order valence-corrected chi connectivity index (χ4v) is 3.56. The van der Waals surface area contributed by atoms with Crippen LogP contribution in [0.5, 0.6) is 0 Å². The van der Waals surface area contributed by atoms with Crippen LogP contribution in [0.1, 0.15) is 51.9 Å². The predicted molar refractivity (Wildman–Crippen MR) is 69.4 cm³/mol. The summed E-state index contributed by atoms with van der Waals surface area (Å²) < 4.78 is 0. The van der Waals surface area contributed by atoms with E-state index in [0.29, 0.717) is 6.04 Å². The number of hydrogen-bond acceptors (Lipinski definition) is 2. The molecule has 1 saturated carbocycles. The highest BCUT2D eigenvalue weighted by Crippen LogP contribution is 2.32. The van der Waals surface area contributed by atoms with E-state index in [2.05, 4.69) is 11.8 Å². The third-order valence-electron chi connectivity index (χ3n) is 4.71. The monoisotopic (exact) mass is 224 g/mol. The number of rotatable bonds is 3. The maximum absolute atomic E-state index is 6.03. The zero-order chi connectivity index (χ0) is 11.4. The first-order valence-corrected chi connectivity index (χ1v) is 7.25. The quantitative estimate of drug-likeness (QED) is 0.798. The highest BCUT2D eigenvalue weighted by atomic mass is 15.2. The van der Waals surface area contributed by atoms with E-state index in [-0.39, 0.29) is 0 Å². The van der Waals surface area contributed by atoms with Gasteiger partial charge >= 0.3 is 0 Å². The summed E-state index contributed by atoms with van der Waals surface area (Å²) in [7, 11) is 0. The molecule has 0 aromatic carbocycles. The normalized spacial score (nSPS) is 34.9. The molecule has 0 aromatic rings. The number of likely N-dealkylation sites (tertiary alicyclic amines) is 1. The Bertz CT molecular complexity index is 191. The van der Waals surface area contributed by atoms with E-state index in [4.69, 9.17) is 5.73 Å². The third-order valence-corrected chi connectivity index (χ3v) is 4.71. The van der Waals surface area contributed by atoms with Crippen LogP contribution in [0.25, 0.3) is 0 Å². The van der Waals surface area contributed by atoms with Gasteiger partial charge in [0, 0.05) is 12.6 Å². The minimum atomic E-state index is 0.688. The Morgan fingerprint density at radius 3 is 2.25 bits per heavy atom. The Morgan fingerprint density at radius 2 is 1.69 bits per heavy atom. The van der Waals surface area contributed by atoms with Gasteiger partial charge in [0.1, 0.15) is 0 Å². The third kappa shape index (κ3) is 2.98. The maximum Gasteiger partial charge on any atom is 0.0246 e. The molecule has 1 saturated heterocycles. The van der Waals surface area contributed by atoms with Crippen LogP contribution in [0.2, 0.25) is 0 Å². The van der Waals surface area contributed by atoms with E-state index in [0.717, 1.165) is 18.4 Å². The Morgan fingerprint density at radius 1 is 1.06 bits per heavy atom. The van der Waals surface area contributed by atoms with Crippen molar-refractivity contribution in [3.05, 3.63) is 0 Å². The zero-order valence-electron chi connectivity index (χ0n) is 10.8. The largest absolute Gasteiger partial charge is 0.329 e. The van der Waals surface area contributed by atoms with Crippen LogP contribution in [0.4, 0.5) is 0 Å². The molecule has 0 aromatic heterocycles. The fourth-order valence-electron chi connectivity index (χ4n) is 3.56. The molecule has 94 valence electrons. The van der Waals surface area contributed by atoms with Gasteiger partial charge in [-0.3, -0.25) is 4.90 Å². The van der Waals surface area contributed by atoms with Crippen molar-refractivity contribution in [2.75, 3.05) is 19.6 Å². The van der Waals surface area contributed by atoms with E-state index in [9.17, 15) is 0 Å². The lowest BCUT2D eigenvalue weighted by molar-refractivity contribution is 0.0938. The summed E-state index contributed by atoms with van der Waals surface area (Å²) in [6, 6.07) is 0.688. The van der Waals surface area contributed by atoms with Crippen LogP contribution in [-0.4, -0.2) is 30.6 Å². The van der Waals surface area contributed by atoms with Crippen molar-refractivity contribution in [3.8, 4) is 0 Å². The predicted octanol–water partition coefficient (Wildman–Crippen LogP) is 2.63. The standard InChI is InChI=1S/C14H28N2/c1-12-5-7-13(8-6-12)14(11-15)16-9-3-2-4-10-16/h12-14H,2-11,15H2,1H3/t12?,13?,14-/m1/s1. The van der Waals surface area contributed by atoms with E-state index in [1.165, 1.54) is 58.0 Å². The molecule has 0 radical (unpaired) electrons. The Labute approximate surface area is 101 Å². The molecule has 2 aliphatic rings. The molecule has 0 bridgehead atoms. The van der Waals surface area contributed by atoms with Crippen LogP contribution in [-0.2, 0) is 0 Å². The van der Waals surface area contributed by atoms with Gasteiger partial charge in [0.2, 0.25) is 0 Å². The summed E-state index contributed by atoms with van der Waals surface area (Å²) in [4.78, 5) is 2.68. The second-order valence-corrected chi connectivity index (χ2v) is 5.92. The van der Waals surface area contributed by atoms with Crippen molar-refractivity contribution in [2.45, 2.75) is 57.9 Å². The first kappa shape index (κ1) is 12.4. The lowest BCUT2D eigenvalue weighted by Crippen LogP contribution is -2.48. The average molecular weight is 224 g/mol. The van der Waals surface area contributed by atoms with Gasteiger partial charge in [0.15, 0.2) is 0 Å². The molecule has 2 nitrogen and oxygen atoms in total. The number of nitrogens with two attached hydrogens (primary N) is 1. The van der Waals surface area contributed by atoms with Gasteiger partial charge in [-0.15, -0.1) is 0 Å². The maximum atomic E-state index is 6.03. The topological polar surface area (TPSA) is 29.3 Å². The summed E-state index contributed by atoms with van der Waals surface area (Å²) in [5.74, 6) is 1.84.